The van der Waals surface area contributed by atoms with Crippen LogP contribution in [0.3, 0.4) is 0 Å². The number of nitrogens with zero attached hydrogens (tertiary/aromatic N) is 1. The molecule has 0 heterocycles. The third-order valence-electron chi connectivity index (χ3n) is 1.94. The van der Waals surface area contributed by atoms with E-state index in [9.17, 15) is 10.1 Å². The van der Waals surface area contributed by atoms with Gasteiger partial charge >= 0.3 is 0 Å². The Morgan fingerprint density at radius 2 is 2.15 bits per heavy atom. The van der Waals surface area contributed by atoms with Crippen LogP contribution in [0, 0.1) is 17.0 Å². The van der Waals surface area contributed by atoms with E-state index in [1.54, 1.807) is 32.0 Å². The SMILES string of the molecule is Cc1cccc([C@H](C)N)c1[N+](=O)[O-]. The van der Waals surface area contributed by atoms with Gasteiger partial charge in [0.25, 0.3) is 5.69 Å². The van der Waals surface area contributed by atoms with Gasteiger partial charge in [-0.3, -0.25) is 10.1 Å². The lowest BCUT2D eigenvalue weighted by atomic mass is 10.0. The highest BCUT2D eigenvalue weighted by atomic mass is 16.6. The molecular weight excluding hydrogens is 168 g/mol. The highest BCUT2D eigenvalue weighted by Crippen LogP contribution is 2.26. The molecule has 0 aromatic heterocycles. The molecule has 1 aromatic carbocycles. The molecule has 0 fully saturated rings. The molecule has 1 rings (SSSR count). The summed E-state index contributed by atoms with van der Waals surface area (Å²) in [6, 6.07) is 4.88. The van der Waals surface area contributed by atoms with Crippen molar-refractivity contribution >= 4 is 5.69 Å². The van der Waals surface area contributed by atoms with Gasteiger partial charge < -0.3 is 5.73 Å². The number of hydrogen-bond acceptors (Lipinski definition) is 3. The maximum atomic E-state index is 10.7. The fourth-order valence-electron chi connectivity index (χ4n) is 1.30. The summed E-state index contributed by atoms with van der Waals surface area (Å²) in [6.45, 7) is 3.45. The van der Waals surface area contributed by atoms with Crippen LogP contribution < -0.4 is 5.73 Å². The number of nitrogens with two attached hydrogens (primary N) is 1. The van der Waals surface area contributed by atoms with Crippen molar-refractivity contribution in [2.75, 3.05) is 0 Å². The largest absolute Gasteiger partial charge is 0.324 e. The van der Waals surface area contributed by atoms with Gasteiger partial charge in [-0.1, -0.05) is 18.2 Å². The number of benzene rings is 1. The van der Waals surface area contributed by atoms with Crippen LogP contribution in [0.25, 0.3) is 0 Å². The average Bonchev–Trinajstić information content (AvgIpc) is 2.02. The van der Waals surface area contributed by atoms with Crippen LogP contribution in [0.1, 0.15) is 24.1 Å². The highest BCUT2D eigenvalue weighted by molar-refractivity contribution is 5.48. The maximum Gasteiger partial charge on any atom is 0.277 e. The van der Waals surface area contributed by atoms with Crippen LogP contribution in [0.4, 0.5) is 5.69 Å². The average molecular weight is 180 g/mol. The van der Waals surface area contributed by atoms with E-state index in [2.05, 4.69) is 0 Å². The Morgan fingerprint density at radius 1 is 1.54 bits per heavy atom. The second kappa shape index (κ2) is 3.53. The van der Waals surface area contributed by atoms with E-state index in [-0.39, 0.29) is 16.7 Å². The van der Waals surface area contributed by atoms with Crippen LogP contribution in [0.15, 0.2) is 18.2 Å². The van der Waals surface area contributed by atoms with Gasteiger partial charge in [0.2, 0.25) is 0 Å². The quantitative estimate of drug-likeness (QED) is 0.558. The second-order valence-corrected chi connectivity index (χ2v) is 3.06. The summed E-state index contributed by atoms with van der Waals surface area (Å²) < 4.78 is 0. The van der Waals surface area contributed by atoms with Gasteiger partial charge in [0.05, 0.1) is 4.92 Å². The van der Waals surface area contributed by atoms with Crippen molar-refractivity contribution in [3.05, 3.63) is 39.4 Å². The maximum absolute atomic E-state index is 10.7. The zero-order valence-corrected chi connectivity index (χ0v) is 7.65. The third-order valence-corrected chi connectivity index (χ3v) is 1.94. The minimum atomic E-state index is -0.381. The Kier molecular flexibility index (Phi) is 2.63. The predicted octanol–water partition coefficient (Wildman–Crippen LogP) is 1.92. The molecule has 1 aromatic rings. The van der Waals surface area contributed by atoms with E-state index < -0.39 is 0 Å². The van der Waals surface area contributed by atoms with Gasteiger partial charge in [-0.25, -0.2) is 0 Å². The van der Waals surface area contributed by atoms with Gasteiger partial charge in [-0.15, -0.1) is 0 Å². The fraction of sp³-hybridized carbons (Fsp3) is 0.333. The standard InChI is InChI=1S/C9H12N2O2/c1-6-4-3-5-8(7(2)10)9(6)11(12)13/h3-5,7H,10H2,1-2H3/t7-/m0/s1. The molecule has 0 bridgehead atoms. The number of nitro benzene ring substituents is 1. The topological polar surface area (TPSA) is 69.2 Å². The van der Waals surface area contributed by atoms with Gasteiger partial charge in [0, 0.05) is 17.2 Å². The van der Waals surface area contributed by atoms with Crippen molar-refractivity contribution in [3.63, 3.8) is 0 Å². The summed E-state index contributed by atoms with van der Waals surface area (Å²) in [6.07, 6.45) is 0. The van der Waals surface area contributed by atoms with E-state index in [0.29, 0.717) is 11.1 Å². The molecule has 0 amide bonds. The Morgan fingerprint density at radius 3 is 2.54 bits per heavy atom. The van der Waals surface area contributed by atoms with Crippen LogP contribution in [-0.4, -0.2) is 4.92 Å². The Bertz CT molecular complexity index is 334. The van der Waals surface area contributed by atoms with Crippen molar-refractivity contribution in [3.8, 4) is 0 Å². The monoisotopic (exact) mass is 180 g/mol. The predicted molar refractivity (Wildman–Crippen MR) is 50.4 cm³/mol. The molecule has 2 N–H and O–H groups in total. The Hall–Kier alpha value is -1.42. The Labute approximate surface area is 76.5 Å². The van der Waals surface area contributed by atoms with Crippen molar-refractivity contribution in [1.29, 1.82) is 0 Å². The molecule has 4 heteroatoms. The molecule has 0 aliphatic carbocycles. The molecule has 0 saturated heterocycles. The first kappa shape index (κ1) is 9.67. The normalized spacial score (nSPS) is 12.5. The van der Waals surface area contributed by atoms with Crippen molar-refractivity contribution < 1.29 is 4.92 Å². The first-order chi connectivity index (χ1) is 6.04. The van der Waals surface area contributed by atoms with Gasteiger partial charge in [0.1, 0.15) is 0 Å². The molecule has 1 atom stereocenters. The van der Waals surface area contributed by atoms with E-state index >= 15 is 0 Å². The lowest BCUT2D eigenvalue weighted by Crippen LogP contribution is -2.08. The molecule has 0 spiro atoms. The fourth-order valence-corrected chi connectivity index (χ4v) is 1.30. The van der Waals surface area contributed by atoms with Crippen LogP contribution in [0.2, 0.25) is 0 Å². The summed E-state index contributed by atoms with van der Waals surface area (Å²) in [5.74, 6) is 0. The first-order valence-corrected chi connectivity index (χ1v) is 4.03. The van der Waals surface area contributed by atoms with E-state index in [4.69, 9.17) is 5.73 Å². The van der Waals surface area contributed by atoms with Crippen molar-refractivity contribution in [1.82, 2.24) is 0 Å². The molecule has 4 nitrogen and oxygen atoms in total. The summed E-state index contributed by atoms with van der Waals surface area (Å²) in [4.78, 5) is 10.3. The van der Waals surface area contributed by atoms with Gasteiger partial charge in [0.15, 0.2) is 0 Å². The van der Waals surface area contributed by atoms with E-state index in [0.717, 1.165) is 0 Å². The Balaban J connectivity index is 3.34. The van der Waals surface area contributed by atoms with Crippen LogP contribution in [-0.2, 0) is 0 Å². The van der Waals surface area contributed by atoms with Crippen molar-refractivity contribution in [2.45, 2.75) is 19.9 Å². The number of nitro groups is 1. The number of aryl methyl sites for hydroxylation is 1. The van der Waals surface area contributed by atoms with Crippen molar-refractivity contribution in [2.24, 2.45) is 5.73 Å². The third kappa shape index (κ3) is 1.84. The van der Waals surface area contributed by atoms with Gasteiger partial charge in [-0.05, 0) is 13.8 Å². The van der Waals surface area contributed by atoms with E-state index in [1.807, 2.05) is 0 Å². The zero-order valence-electron chi connectivity index (χ0n) is 7.65. The summed E-state index contributed by atoms with van der Waals surface area (Å²) in [5.41, 5.74) is 6.99. The summed E-state index contributed by atoms with van der Waals surface area (Å²) in [7, 11) is 0. The number of rotatable bonds is 2. The summed E-state index contributed by atoms with van der Waals surface area (Å²) >= 11 is 0. The van der Waals surface area contributed by atoms with Crippen LogP contribution in [0.5, 0.6) is 0 Å². The first-order valence-electron chi connectivity index (χ1n) is 4.03. The molecule has 0 unspecified atom stereocenters. The minimum Gasteiger partial charge on any atom is -0.324 e. The molecule has 0 aliphatic rings. The molecular formula is C9H12N2O2. The lowest BCUT2D eigenvalue weighted by molar-refractivity contribution is -0.386. The lowest BCUT2D eigenvalue weighted by Gasteiger charge is -2.07. The zero-order chi connectivity index (χ0) is 10.0. The van der Waals surface area contributed by atoms with E-state index in [1.165, 1.54) is 0 Å². The van der Waals surface area contributed by atoms with Crippen LogP contribution >= 0.6 is 0 Å². The molecule has 70 valence electrons. The molecule has 0 aliphatic heterocycles. The second-order valence-electron chi connectivity index (χ2n) is 3.06. The van der Waals surface area contributed by atoms with Gasteiger partial charge in [-0.2, -0.15) is 0 Å². The number of para-hydroxylation sites is 1. The number of hydrogen-bond donors (Lipinski definition) is 1. The smallest absolute Gasteiger partial charge is 0.277 e. The minimum absolute atomic E-state index is 0.137. The summed E-state index contributed by atoms with van der Waals surface area (Å²) in [5, 5.41) is 10.7. The molecule has 13 heavy (non-hydrogen) atoms. The highest BCUT2D eigenvalue weighted by Gasteiger charge is 2.18. The molecule has 0 radical (unpaired) electrons. The molecule has 0 saturated carbocycles.